The maximum Gasteiger partial charge on any atom is 0.348 e. The Morgan fingerprint density at radius 2 is 1.91 bits per heavy atom. The normalized spacial score (nSPS) is 14.8. The molecule has 8 nitrogen and oxygen atoms in total. The van der Waals surface area contributed by atoms with Crippen molar-refractivity contribution in [2.45, 2.75) is 38.5 Å². The minimum absolute atomic E-state index is 0.0924. The van der Waals surface area contributed by atoms with E-state index in [1.165, 1.54) is 27.8 Å². The van der Waals surface area contributed by atoms with Gasteiger partial charge >= 0.3 is 5.97 Å². The Bertz CT molecular complexity index is 1090. The summed E-state index contributed by atoms with van der Waals surface area (Å²) in [7, 11) is -3.69. The van der Waals surface area contributed by atoms with E-state index < -0.39 is 28.5 Å². The minimum atomic E-state index is -3.69. The lowest BCUT2D eigenvalue weighted by Gasteiger charge is -2.26. The predicted molar refractivity (Wildman–Crippen MR) is 123 cm³/mol. The molecule has 0 aliphatic carbocycles. The van der Waals surface area contributed by atoms with E-state index >= 15 is 0 Å². The van der Waals surface area contributed by atoms with Crippen LogP contribution in [0.15, 0.2) is 29.2 Å². The summed E-state index contributed by atoms with van der Waals surface area (Å²) >= 11 is 1.35. The molecule has 0 saturated carbocycles. The van der Waals surface area contributed by atoms with Crippen LogP contribution < -0.4 is 5.32 Å². The largest absolute Gasteiger partial charge is 0.451 e. The summed E-state index contributed by atoms with van der Waals surface area (Å²) in [6, 6.07) is 6.40. The summed E-state index contributed by atoms with van der Waals surface area (Å²) in [5.74, 6) is -1.08. The molecule has 1 amide bonds. The summed E-state index contributed by atoms with van der Waals surface area (Å²) in [5, 5.41) is 2.65. The molecular weight excluding hydrogens is 452 g/mol. The van der Waals surface area contributed by atoms with Crippen LogP contribution in [0.3, 0.4) is 0 Å². The van der Waals surface area contributed by atoms with Gasteiger partial charge in [-0.3, -0.25) is 4.79 Å². The van der Waals surface area contributed by atoms with Gasteiger partial charge in [0.1, 0.15) is 4.88 Å². The number of hydrogen-bond acceptors (Lipinski definition) is 7. The molecular formula is C22H28N2O6S2. The van der Waals surface area contributed by atoms with Gasteiger partial charge in [-0.25, -0.2) is 13.2 Å². The fourth-order valence-corrected chi connectivity index (χ4v) is 5.76. The Balaban J connectivity index is 1.64. The highest BCUT2D eigenvalue weighted by Crippen LogP contribution is 2.25. The van der Waals surface area contributed by atoms with Crippen molar-refractivity contribution in [2.75, 3.05) is 38.2 Å². The molecule has 1 aromatic heterocycles. The molecule has 1 N–H and O–H groups in total. The van der Waals surface area contributed by atoms with Gasteiger partial charge in [-0.05, 0) is 49.6 Å². The van der Waals surface area contributed by atoms with Crippen LogP contribution >= 0.6 is 11.3 Å². The van der Waals surface area contributed by atoms with Crippen LogP contribution in [-0.4, -0.2) is 57.5 Å². The van der Waals surface area contributed by atoms with Crippen LogP contribution in [0.4, 0.5) is 5.69 Å². The molecule has 174 valence electrons. The van der Waals surface area contributed by atoms with Gasteiger partial charge in [-0.2, -0.15) is 4.31 Å². The summed E-state index contributed by atoms with van der Waals surface area (Å²) in [5.41, 5.74) is 2.17. The summed E-state index contributed by atoms with van der Waals surface area (Å²) in [6.45, 7) is 6.61. The first kappa shape index (κ1) is 24.4. The number of carbonyl (C=O) groups is 2. The maximum absolute atomic E-state index is 12.9. The first-order valence-electron chi connectivity index (χ1n) is 10.5. The van der Waals surface area contributed by atoms with E-state index in [0.717, 1.165) is 23.3 Å². The molecule has 0 bridgehead atoms. The number of thiophene rings is 1. The Morgan fingerprint density at radius 3 is 2.59 bits per heavy atom. The number of rotatable bonds is 8. The fraction of sp³-hybridized carbons (Fsp3) is 0.455. The predicted octanol–water partition coefficient (Wildman–Crippen LogP) is 3.13. The van der Waals surface area contributed by atoms with Gasteiger partial charge in [0.25, 0.3) is 5.91 Å². The van der Waals surface area contributed by atoms with E-state index in [9.17, 15) is 18.0 Å². The molecule has 1 aromatic carbocycles. The Hall–Kier alpha value is -2.27. The quantitative estimate of drug-likeness (QED) is 0.583. The second-order valence-corrected chi connectivity index (χ2v) is 10.8. The van der Waals surface area contributed by atoms with Gasteiger partial charge in [0.2, 0.25) is 10.0 Å². The lowest BCUT2D eigenvalue weighted by molar-refractivity contribution is -0.119. The van der Waals surface area contributed by atoms with Crippen LogP contribution in [0, 0.1) is 13.8 Å². The molecule has 0 atom stereocenters. The number of nitrogens with zero attached hydrogens (tertiary/aromatic N) is 1. The molecule has 2 aromatic rings. The molecule has 10 heteroatoms. The van der Waals surface area contributed by atoms with E-state index in [4.69, 9.17) is 9.47 Å². The Kier molecular flexibility index (Phi) is 8.05. The number of morpholine rings is 1. The number of sulfonamides is 1. The molecule has 2 heterocycles. The fourth-order valence-electron chi connectivity index (χ4n) is 3.36. The van der Waals surface area contributed by atoms with Crippen molar-refractivity contribution in [3.05, 3.63) is 45.1 Å². The van der Waals surface area contributed by atoms with Crippen molar-refractivity contribution in [2.24, 2.45) is 0 Å². The zero-order valence-corrected chi connectivity index (χ0v) is 20.1. The number of carbonyl (C=O) groups excluding carboxylic acids is 2. The summed E-state index contributed by atoms with van der Waals surface area (Å²) in [4.78, 5) is 26.3. The first-order valence-corrected chi connectivity index (χ1v) is 12.7. The van der Waals surface area contributed by atoms with Gasteiger partial charge in [-0.1, -0.05) is 19.4 Å². The van der Waals surface area contributed by atoms with Crippen molar-refractivity contribution < 1.29 is 27.5 Å². The van der Waals surface area contributed by atoms with Crippen LogP contribution in [-0.2, 0) is 30.7 Å². The van der Waals surface area contributed by atoms with Crippen molar-refractivity contribution in [1.82, 2.24) is 4.31 Å². The zero-order chi connectivity index (χ0) is 23.3. The second-order valence-electron chi connectivity index (χ2n) is 7.56. The van der Waals surface area contributed by atoms with Gasteiger partial charge < -0.3 is 14.8 Å². The van der Waals surface area contributed by atoms with E-state index in [2.05, 4.69) is 12.2 Å². The number of benzene rings is 1. The molecule has 0 unspecified atom stereocenters. The van der Waals surface area contributed by atoms with Gasteiger partial charge in [-0.15, -0.1) is 11.3 Å². The lowest BCUT2D eigenvalue weighted by atomic mass is 10.1. The number of aryl methyl sites for hydroxylation is 3. The van der Waals surface area contributed by atoms with Crippen molar-refractivity contribution in [1.29, 1.82) is 0 Å². The maximum atomic E-state index is 12.9. The lowest BCUT2D eigenvalue weighted by Crippen LogP contribution is -2.40. The van der Waals surface area contributed by atoms with Crippen molar-refractivity contribution >= 4 is 38.9 Å². The molecule has 1 aliphatic rings. The van der Waals surface area contributed by atoms with Gasteiger partial charge in [0.15, 0.2) is 6.61 Å². The summed E-state index contributed by atoms with van der Waals surface area (Å²) in [6.07, 6.45) is 1.87. The van der Waals surface area contributed by atoms with E-state index in [0.29, 0.717) is 29.3 Å². The third kappa shape index (κ3) is 5.74. The highest BCUT2D eigenvalue weighted by atomic mass is 32.2. The highest BCUT2D eigenvalue weighted by Gasteiger charge is 2.27. The van der Waals surface area contributed by atoms with Crippen molar-refractivity contribution in [3.63, 3.8) is 0 Å². The minimum Gasteiger partial charge on any atom is -0.451 e. The third-order valence-electron chi connectivity index (χ3n) is 5.17. The molecule has 0 spiro atoms. The standard InChI is InChI=1S/C22H28N2O6S2/c1-4-5-17-12-20(31-16(17)3)22(26)30-14-21(25)23-19-13-18(7-6-15(19)2)32(27,28)24-8-10-29-11-9-24/h6-7,12-13H,4-5,8-11,14H2,1-3H3,(H,23,25). The second kappa shape index (κ2) is 10.6. The average molecular weight is 481 g/mol. The van der Waals surface area contributed by atoms with E-state index in [1.807, 2.05) is 13.0 Å². The SMILES string of the molecule is CCCc1cc(C(=O)OCC(=O)Nc2cc(S(=O)(=O)N3CCOCC3)ccc2C)sc1C. The van der Waals surface area contributed by atoms with Gasteiger partial charge in [0.05, 0.1) is 18.1 Å². The Morgan fingerprint density at radius 1 is 1.19 bits per heavy atom. The zero-order valence-electron chi connectivity index (χ0n) is 18.5. The highest BCUT2D eigenvalue weighted by molar-refractivity contribution is 7.89. The van der Waals surface area contributed by atoms with Crippen molar-refractivity contribution in [3.8, 4) is 0 Å². The topological polar surface area (TPSA) is 102 Å². The average Bonchev–Trinajstić information content (AvgIpc) is 3.15. The molecule has 1 aliphatic heterocycles. The van der Waals surface area contributed by atoms with Crippen LogP contribution in [0.1, 0.15) is 39.0 Å². The van der Waals surface area contributed by atoms with E-state index in [-0.39, 0.29) is 18.0 Å². The first-order chi connectivity index (χ1) is 15.2. The smallest absolute Gasteiger partial charge is 0.348 e. The number of esters is 1. The van der Waals surface area contributed by atoms with Gasteiger partial charge in [0, 0.05) is 23.7 Å². The van der Waals surface area contributed by atoms with Crippen LogP contribution in [0.25, 0.3) is 0 Å². The molecule has 1 saturated heterocycles. The monoisotopic (exact) mass is 480 g/mol. The van der Waals surface area contributed by atoms with E-state index in [1.54, 1.807) is 13.0 Å². The van der Waals surface area contributed by atoms with Crippen LogP contribution in [0.5, 0.6) is 0 Å². The molecule has 0 radical (unpaired) electrons. The Labute approximate surface area is 192 Å². The molecule has 32 heavy (non-hydrogen) atoms. The number of hydrogen-bond donors (Lipinski definition) is 1. The summed E-state index contributed by atoms with van der Waals surface area (Å²) < 4.78 is 37.5. The van der Waals surface area contributed by atoms with Crippen LogP contribution in [0.2, 0.25) is 0 Å². The number of amides is 1. The number of ether oxygens (including phenoxy) is 2. The third-order valence-corrected chi connectivity index (χ3v) is 8.13. The number of anilines is 1. The molecule has 3 rings (SSSR count). The number of nitrogens with one attached hydrogen (secondary N) is 1. The molecule has 1 fully saturated rings.